The van der Waals surface area contributed by atoms with Crippen molar-refractivity contribution in [3.05, 3.63) is 78.5 Å². The smallest absolute Gasteiger partial charge is 0.227 e. The molecule has 2 aliphatic heterocycles. The number of imidazole rings is 1. The van der Waals surface area contributed by atoms with Gasteiger partial charge in [-0.3, -0.25) is 4.98 Å². The van der Waals surface area contributed by atoms with E-state index in [0.717, 1.165) is 43.0 Å². The third-order valence-electron chi connectivity index (χ3n) is 7.93. The number of rotatable bonds is 5. The Labute approximate surface area is 241 Å². The molecule has 2 aromatic carbocycles. The summed E-state index contributed by atoms with van der Waals surface area (Å²) in [5, 5.41) is 3.16. The first-order valence-electron chi connectivity index (χ1n) is 14.0. The van der Waals surface area contributed by atoms with Crippen LogP contribution in [0.3, 0.4) is 0 Å². The molecule has 0 bridgehead atoms. The summed E-state index contributed by atoms with van der Waals surface area (Å²) in [5.41, 5.74) is 4.08. The molecule has 1 N–H and O–H groups in total. The predicted molar refractivity (Wildman–Crippen MR) is 159 cm³/mol. The van der Waals surface area contributed by atoms with E-state index in [1.54, 1.807) is 6.07 Å². The van der Waals surface area contributed by atoms with Crippen LogP contribution in [0.5, 0.6) is 5.75 Å². The summed E-state index contributed by atoms with van der Waals surface area (Å²) < 4.78 is 38.2. The number of hydrogen-bond acceptors (Lipinski definition) is 8. The van der Waals surface area contributed by atoms with Gasteiger partial charge in [0.05, 0.1) is 23.4 Å². The fraction of sp³-hybridized carbons (Fsp3) is 0.290. The number of fused-ring (bicyclic) bond motifs is 4. The summed E-state index contributed by atoms with van der Waals surface area (Å²) in [6.07, 6.45) is 4.73. The maximum Gasteiger partial charge on any atom is 0.227 e. The van der Waals surface area contributed by atoms with Crippen LogP contribution < -0.4 is 19.9 Å². The molecular formula is C31H30F2N8O. The van der Waals surface area contributed by atoms with Crippen molar-refractivity contribution < 1.29 is 13.5 Å². The molecule has 1 fully saturated rings. The van der Waals surface area contributed by atoms with Gasteiger partial charge in [-0.05, 0) is 57.2 Å². The second kappa shape index (κ2) is 10.2. The lowest BCUT2D eigenvalue weighted by atomic mass is 10.1. The third kappa shape index (κ3) is 4.54. The van der Waals surface area contributed by atoms with Crippen molar-refractivity contribution in [3.63, 3.8) is 0 Å². The highest BCUT2D eigenvalue weighted by atomic mass is 19.1. The first kappa shape index (κ1) is 26.1. The van der Waals surface area contributed by atoms with Crippen molar-refractivity contribution in [3.8, 4) is 17.0 Å². The Morgan fingerprint density at radius 3 is 2.64 bits per heavy atom. The Balaban J connectivity index is 1.13. The Morgan fingerprint density at radius 1 is 1.00 bits per heavy atom. The highest BCUT2D eigenvalue weighted by Crippen LogP contribution is 2.38. The van der Waals surface area contributed by atoms with Gasteiger partial charge in [0, 0.05) is 61.1 Å². The van der Waals surface area contributed by atoms with E-state index in [-0.39, 0.29) is 29.2 Å². The molecule has 0 saturated carbocycles. The summed E-state index contributed by atoms with van der Waals surface area (Å²) in [4.78, 5) is 21.8. The first-order valence-corrected chi connectivity index (χ1v) is 14.0. The number of nitrogens with one attached hydrogen (secondary N) is 1. The number of aromatic nitrogens is 5. The largest absolute Gasteiger partial charge is 0.489 e. The van der Waals surface area contributed by atoms with Crippen LogP contribution in [0, 0.1) is 18.6 Å². The summed E-state index contributed by atoms with van der Waals surface area (Å²) in [7, 11) is 0. The van der Waals surface area contributed by atoms with Crippen LogP contribution in [0.25, 0.3) is 22.3 Å². The van der Waals surface area contributed by atoms with Gasteiger partial charge in [0.2, 0.25) is 5.95 Å². The first-order chi connectivity index (χ1) is 20.4. The van der Waals surface area contributed by atoms with Gasteiger partial charge in [-0.1, -0.05) is 0 Å². The van der Waals surface area contributed by atoms with Crippen LogP contribution in [0.2, 0.25) is 0 Å². The number of aryl methyl sites for hydroxylation is 1. The second-order valence-electron chi connectivity index (χ2n) is 11.0. The van der Waals surface area contributed by atoms with E-state index in [1.165, 1.54) is 6.07 Å². The number of halogens is 2. The van der Waals surface area contributed by atoms with E-state index in [2.05, 4.69) is 35.1 Å². The van der Waals surface area contributed by atoms with Crippen LogP contribution in [0.1, 0.15) is 25.7 Å². The minimum absolute atomic E-state index is 0.00609. The van der Waals surface area contributed by atoms with E-state index < -0.39 is 11.6 Å². The third-order valence-corrected chi connectivity index (χ3v) is 7.93. The zero-order valence-corrected chi connectivity index (χ0v) is 23.6. The van der Waals surface area contributed by atoms with Gasteiger partial charge in [-0.2, -0.15) is 0 Å². The highest BCUT2D eigenvalue weighted by Gasteiger charge is 2.33. The summed E-state index contributed by atoms with van der Waals surface area (Å²) in [6.45, 7) is 9.02. The van der Waals surface area contributed by atoms with Crippen LogP contribution in [0.4, 0.5) is 31.8 Å². The van der Waals surface area contributed by atoms with Gasteiger partial charge >= 0.3 is 0 Å². The number of anilines is 4. The van der Waals surface area contributed by atoms with Crippen molar-refractivity contribution >= 4 is 34.0 Å². The number of pyridine rings is 1. The molecule has 7 rings (SSSR count). The monoisotopic (exact) mass is 568 g/mol. The Bertz CT molecular complexity index is 1790. The van der Waals surface area contributed by atoms with Crippen LogP contribution >= 0.6 is 0 Å². The number of piperazine rings is 1. The van der Waals surface area contributed by atoms with E-state index in [0.29, 0.717) is 29.2 Å². The molecule has 0 amide bonds. The SMILES string of the molecule is Cc1nc2c(F)cc(-c3nc(Nc4ccc5c(c4)OCC4CN(c6ccncc6)CCN54)ncc3F)cc2n1C(C)C. The van der Waals surface area contributed by atoms with Crippen LogP contribution in [-0.2, 0) is 0 Å². The molecule has 42 heavy (non-hydrogen) atoms. The number of ether oxygens (including phenoxy) is 1. The van der Waals surface area contributed by atoms with Crippen LogP contribution in [0.15, 0.2) is 61.1 Å². The van der Waals surface area contributed by atoms with Gasteiger partial charge in [0.15, 0.2) is 11.6 Å². The van der Waals surface area contributed by atoms with Gasteiger partial charge < -0.3 is 24.4 Å². The van der Waals surface area contributed by atoms with Gasteiger partial charge in [0.25, 0.3) is 0 Å². The Hall–Kier alpha value is -4.80. The van der Waals surface area contributed by atoms with E-state index >= 15 is 4.39 Å². The van der Waals surface area contributed by atoms with Gasteiger partial charge in [0.1, 0.15) is 29.4 Å². The summed E-state index contributed by atoms with van der Waals surface area (Å²) in [5.74, 6) is 0.487. The zero-order chi connectivity index (χ0) is 29.0. The van der Waals surface area contributed by atoms with Crippen LogP contribution in [-0.4, -0.2) is 56.8 Å². The second-order valence-corrected chi connectivity index (χ2v) is 11.0. The molecule has 5 aromatic rings. The Morgan fingerprint density at radius 2 is 1.83 bits per heavy atom. The van der Waals surface area contributed by atoms with E-state index in [4.69, 9.17) is 4.74 Å². The molecule has 1 saturated heterocycles. The fourth-order valence-electron chi connectivity index (χ4n) is 6.05. The molecule has 214 valence electrons. The average Bonchev–Trinajstić information content (AvgIpc) is 3.34. The maximum atomic E-state index is 15.1. The molecular weight excluding hydrogens is 538 g/mol. The van der Waals surface area contributed by atoms with Gasteiger partial charge in [-0.25, -0.2) is 23.7 Å². The normalized spacial score (nSPS) is 16.4. The Kier molecular flexibility index (Phi) is 6.37. The molecule has 11 heteroatoms. The fourth-order valence-corrected chi connectivity index (χ4v) is 6.05. The zero-order valence-electron chi connectivity index (χ0n) is 23.6. The van der Waals surface area contributed by atoms with Crippen molar-refractivity contribution in [1.82, 2.24) is 24.5 Å². The minimum Gasteiger partial charge on any atom is -0.489 e. The maximum absolute atomic E-state index is 15.1. The minimum atomic E-state index is -0.641. The quantitative estimate of drug-likeness (QED) is 0.281. The number of nitrogens with zero attached hydrogens (tertiary/aromatic N) is 7. The molecule has 5 heterocycles. The lowest BCUT2D eigenvalue weighted by Crippen LogP contribution is -2.57. The van der Waals surface area contributed by atoms with Crippen molar-refractivity contribution in [2.75, 3.05) is 41.4 Å². The van der Waals surface area contributed by atoms with Crippen molar-refractivity contribution in [1.29, 1.82) is 0 Å². The molecule has 0 radical (unpaired) electrons. The topological polar surface area (TPSA) is 84.2 Å². The summed E-state index contributed by atoms with van der Waals surface area (Å²) >= 11 is 0. The van der Waals surface area contributed by atoms with Crippen molar-refractivity contribution in [2.45, 2.75) is 32.9 Å². The predicted octanol–water partition coefficient (Wildman–Crippen LogP) is 5.89. The van der Waals surface area contributed by atoms with Gasteiger partial charge in [-0.15, -0.1) is 0 Å². The summed E-state index contributed by atoms with van der Waals surface area (Å²) in [6, 6.07) is 13.2. The lowest BCUT2D eigenvalue weighted by molar-refractivity contribution is 0.255. The molecule has 3 aromatic heterocycles. The molecule has 0 aliphatic carbocycles. The highest BCUT2D eigenvalue weighted by molar-refractivity contribution is 5.83. The van der Waals surface area contributed by atoms with E-state index in [1.807, 2.05) is 68.1 Å². The lowest BCUT2D eigenvalue weighted by Gasteiger charge is -2.46. The number of benzene rings is 2. The van der Waals surface area contributed by atoms with Crippen molar-refractivity contribution in [2.24, 2.45) is 0 Å². The van der Waals surface area contributed by atoms with E-state index in [9.17, 15) is 4.39 Å². The number of hydrogen-bond donors (Lipinski definition) is 1. The molecule has 1 unspecified atom stereocenters. The molecule has 9 nitrogen and oxygen atoms in total. The molecule has 2 aliphatic rings. The molecule has 0 spiro atoms. The average molecular weight is 569 g/mol. The standard InChI is InChI=1S/C31H30F2N8O/c1-18(2)41-19(3)36-30-24(32)12-20(13-27(30)41)29-25(33)15-35-31(38-29)37-21-4-5-26-28(14-21)42-17-23-16-39(10-11-40(23)26)22-6-8-34-9-7-22/h4-9,12-15,18,23H,10-11,16-17H2,1-3H3,(H,35,37,38). The molecule has 1 atom stereocenters.